The molecule has 2 heterocycles. The first kappa shape index (κ1) is 10.5. The van der Waals surface area contributed by atoms with E-state index in [4.69, 9.17) is 0 Å². The zero-order valence-electron chi connectivity index (χ0n) is 9.82. The molecule has 1 aliphatic heterocycles. The van der Waals surface area contributed by atoms with Gasteiger partial charge in [0.05, 0.1) is 17.9 Å². The molecule has 0 radical (unpaired) electrons. The molecule has 0 fully saturated rings. The fourth-order valence-electron chi connectivity index (χ4n) is 2.44. The van der Waals surface area contributed by atoms with Crippen LogP contribution in [0.2, 0.25) is 0 Å². The van der Waals surface area contributed by atoms with Gasteiger partial charge in [-0.3, -0.25) is 15.0 Å². The van der Waals surface area contributed by atoms with E-state index >= 15 is 0 Å². The second kappa shape index (κ2) is 4.69. The van der Waals surface area contributed by atoms with Crippen LogP contribution < -0.4 is 10.6 Å². The van der Waals surface area contributed by atoms with Gasteiger partial charge in [-0.1, -0.05) is 0 Å². The van der Waals surface area contributed by atoms with Crippen LogP contribution in [0.25, 0.3) is 0 Å². The largest absolute Gasteiger partial charge is 0.355 e. The number of aliphatic imine (C=N–C) groups is 1. The van der Waals surface area contributed by atoms with Crippen molar-refractivity contribution in [1.29, 1.82) is 0 Å². The van der Waals surface area contributed by atoms with E-state index < -0.39 is 0 Å². The van der Waals surface area contributed by atoms with E-state index in [1.807, 2.05) is 0 Å². The first-order valence-electron chi connectivity index (χ1n) is 6.25. The average Bonchev–Trinajstić information content (AvgIpc) is 2.76. The smallest absolute Gasteiger partial charge is 0.191 e. The number of hydrogen-bond acceptors (Lipinski definition) is 5. The summed E-state index contributed by atoms with van der Waals surface area (Å²) in [7, 11) is 0. The molecule has 0 amide bonds. The maximum Gasteiger partial charge on any atom is 0.191 e. The third-order valence-corrected chi connectivity index (χ3v) is 3.28. The summed E-state index contributed by atoms with van der Waals surface area (Å²) in [4.78, 5) is 13.2. The first-order chi connectivity index (χ1) is 8.42. The lowest BCUT2D eigenvalue weighted by atomic mass is 10.1. The normalized spacial score (nSPS) is 23.3. The molecule has 0 bridgehead atoms. The molecule has 1 aromatic rings. The fourth-order valence-corrected chi connectivity index (χ4v) is 2.44. The van der Waals surface area contributed by atoms with Gasteiger partial charge in [0.25, 0.3) is 0 Å². The summed E-state index contributed by atoms with van der Waals surface area (Å²) in [5.41, 5.74) is 2.30. The third-order valence-electron chi connectivity index (χ3n) is 3.28. The van der Waals surface area contributed by atoms with Crippen LogP contribution in [0, 0.1) is 0 Å². The van der Waals surface area contributed by atoms with Crippen molar-refractivity contribution in [3.63, 3.8) is 0 Å². The van der Waals surface area contributed by atoms with Crippen LogP contribution in [0.4, 0.5) is 0 Å². The van der Waals surface area contributed by atoms with Gasteiger partial charge < -0.3 is 10.6 Å². The van der Waals surface area contributed by atoms with Crippen LogP contribution in [0.3, 0.4) is 0 Å². The van der Waals surface area contributed by atoms with Crippen molar-refractivity contribution in [1.82, 2.24) is 20.6 Å². The molecular weight excluding hydrogens is 214 g/mol. The van der Waals surface area contributed by atoms with E-state index in [-0.39, 0.29) is 0 Å². The molecular formula is C12H17N5. The van der Waals surface area contributed by atoms with Gasteiger partial charge in [0.1, 0.15) is 0 Å². The van der Waals surface area contributed by atoms with Crippen LogP contribution >= 0.6 is 0 Å². The molecule has 1 unspecified atom stereocenters. The summed E-state index contributed by atoms with van der Waals surface area (Å²) in [5.74, 6) is 0.947. The molecule has 0 aromatic carbocycles. The molecule has 17 heavy (non-hydrogen) atoms. The van der Waals surface area contributed by atoms with Crippen LogP contribution in [0.15, 0.2) is 17.4 Å². The second-order valence-electron chi connectivity index (χ2n) is 4.54. The number of fused-ring (bicyclic) bond motifs is 1. The van der Waals surface area contributed by atoms with Gasteiger partial charge in [0.15, 0.2) is 5.96 Å². The van der Waals surface area contributed by atoms with Crippen LogP contribution in [-0.4, -0.2) is 35.1 Å². The Hall–Kier alpha value is -1.65. The molecule has 0 saturated carbocycles. The summed E-state index contributed by atoms with van der Waals surface area (Å²) in [5, 5.41) is 6.72. The molecule has 1 aliphatic carbocycles. The van der Waals surface area contributed by atoms with Gasteiger partial charge in [-0.15, -0.1) is 0 Å². The van der Waals surface area contributed by atoms with Gasteiger partial charge in [-0.05, 0) is 19.3 Å². The standard InChI is InChI=1S/C12H17N5/c1-2-9(17-12-15-6-7-16-12)8-11-10(3-1)13-4-5-14-11/h4-5,9H,1-3,6-8H2,(H2,15,16,17). The lowest BCUT2D eigenvalue weighted by molar-refractivity contribution is 0.543. The zero-order chi connectivity index (χ0) is 11.5. The highest BCUT2D eigenvalue weighted by atomic mass is 15.2. The Bertz CT molecular complexity index is 429. The quantitative estimate of drug-likeness (QED) is 0.681. The van der Waals surface area contributed by atoms with Gasteiger partial charge in [-0.2, -0.15) is 0 Å². The lowest BCUT2D eigenvalue weighted by Crippen LogP contribution is -2.42. The average molecular weight is 231 g/mol. The van der Waals surface area contributed by atoms with Gasteiger partial charge >= 0.3 is 0 Å². The molecule has 0 saturated heterocycles. The second-order valence-corrected chi connectivity index (χ2v) is 4.54. The highest BCUT2D eigenvalue weighted by molar-refractivity contribution is 5.81. The van der Waals surface area contributed by atoms with Crippen LogP contribution in [0.1, 0.15) is 24.2 Å². The topological polar surface area (TPSA) is 62.2 Å². The minimum absolute atomic E-state index is 0.428. The van der Waals surface area contributed by atoms with E-state index in [1.54, 1.807) is 12.4 Å². The zero-order valence-corrected chi connectivity index (χ0v) is 9.82. The van der Waals surface area contributed by atoms with Crippen LogP contribution in [-0.2, 0) is 12.8 Å². The molecule has 2 N–H and O–H groups in total. The summed E-state index contributed by atoms with van der Waals surface area (Å²) in [6.07, 6.45) is 7.88. The first-order valence-corrected chi connectivity index (χ1v) is 6.25. The summed E-state index contributed by atoms with van der Waals surface area (Å²) in [6, 6.07) is 0.428. The predicted octanol–water partition coefficient (Wildman–Crippen LogP) is 0.273. The van der Waals surface area contributed by atoms with Crippen molar-refractivity contribution in [3.05, 3.63) is 23.8 Å². The van der Waals surface area contributed by atoms with Gasteiger partial charge in [0, 0.05) is 31.4 Å². The van der Waals surface area contributed by atoms with Crippen molar-refractivity contribution in [2.45, 2.75) is 31.7 Å². The summed E-state index contributed by atoms with van der Waals surface area (Å²) < 4.78 is 0. The third kappa shape index (κ3) is 2.38. The van der Waals surface area contributed by atoms with E-state index in [2.05, 4.69) is 25.6 Å². The SMILES string of the molecule is c1cnc2c(n1)CCCC(NC1=NCCN1)C2. The Morgan fingerprint density at radius 2 is 2.12 bits per heavy atom. The fraction of sp³-hybridized carbons (Fsp3) is 0.583. The number of hydrogen-bond donors (Lipinski definition) is 2. The Kier molecular flexibility index (Phi) is 2.90. The predicted molar refractivity (Wildman–Crippen MR) is 65.9 cm³/mol. The lowest BCUT2D eigenvalue weighted by Gasteiger charge is -2.17. The van der Waals surface area contributed by atoms with Crippen molar-refractivity contribution >= 4 is 5.96 Å². The Labute approximate surface area is 101 Å². The highest BCUT2D eigenvalue weighted by Crippen LogP contribution is 2.16. The Morgan fingerprint density at radius 3 is 2.94 bits per heavy atom. The molecule has 90 valence electrons. The summed E-state index contributed by atoms with van der Waals surface area (Å²) in [6.45, 7) is 1.83. The van der Waals surface area contributed by atoms with Crippen molar-refractivity contribution < 1.29 is 0 Å². The van der Waals surface area contributed by atoms with E-state index in [0.717, 1.165) is 56.1 Å². The molecule has 1 atom stereocenters. The maximum absolute atomic E-state index is 4.44. The molecule has 3 rings (SSSR count). The Morgan fingerprint density at radius 1 is 1.24 bits per heavy atom. The van der Waals surface area contributed by atoms with Crippen molar-refractivity contribution in [2.75, 3.05) is 13.1 Å². The molecule has 0 spiro atoms. The number of nitrogens with one attached hydrogen (secondary N) is 2. The van der Waals surface area contributed by atoms with Crippen molar-refractivity contribution in [3.8, 4) is 0 Å². The van der Waals surface area contributed by atoms with Crippen LogP contribution in [0.5, 0.6) is 0 Å². The number of aryl methyl sites for hydroxylation is 1. The monoisotopic (exact) mass is 231 g/mol. The van der Waals surface area contributed by atoms with E-state index in [0.29, 0.717) is 6.04 Å². The molecule has 1 aromatic heterocycles. The number of nitrogens with zero attached hydrogens (tertiary/aromatic N) is 3. The maximum atomic E-state index is 4.44. The minimum atomic E-state index is 0.428. The highest BCUT2D eigenvalue weighted by Gasteiger charge is 2.19. The molecule has 5 heteroatoms. The van der Waals surface area contributed by atoms with E-state index in [9.17, 15) is 0 Å². The number of guanidine groups is 1. The Balaban J connectivity index is 1.71. The molecule has 2 aliphatic rings. The number of rotatable bonds is 1. The minimum Gasteiger partial charge on any atom is -0.355 e. The van der Waals surface area contributed by atoms with Gasteiger partial charge in [0.2, 0.25) is 0 Å². The molecule has 5 nitrogen and oxygen atoms in total. The van der Waals surface area contributed by atoms with Crippen molar-refractivity contribution in [2.24, 2.45) is 4.99 Å². The van der Waals surface area contributed by atoms with Gasteiger partial charge in [-0.25, -0.2) is 0 Å². The van der Waals surface area contributed by atoms with E-state index in [1.165, 1.54) is 0 Å². The number of aromatic nitrogens is 2. The summed E-state index contributed by atoms with van der Waals surface area (Å²) >= 11 is 0.